The molecule has 0 saturated carbocycles. The van der Waals surface area contributed by atoms with Crippen LogP contribution in [0, 0.1) is 11.6 Å². The smallest absolute Gasteiger partial charge is 0.159 e. The summed E-state index contributed by atoms with van der Waals surface area (Å²) in [7, 11) is 0. The van der Waals surface area contributed by atoms with Gasteiger partial charge in [-0.25, -0.2) is 8.78 Å². The summed E-state index contributed by atoms with van der Waals surface area (Å²) in [5.41, 5.74) is 7.40. The Balaban J connectivity index is 2.20. The highest BCUT2D eigenvalue weighted by atomic mass is 79.9. The summed E-state index contributed by atoms with van der Waals surface area (Å²) >= 11 is 9.42. The first kappa shape index (κ1) is 14.4. The fourth-order valence-corrected chi connectivity index (χ4v) is 2.54. The lowest BCUT2D eigenvalue weighted by atomic mass is 9.99. The quantitative estimate of drug-likeness (QED) is 0.862. The maximum absolute atomic E-state index is 13.1. The topological polar surface area (TPSA) is 26.0 Å². The van der Waals surface area contributed by atoms with Gasteiger partial charge < -0.3 is 5.73 Å². The monoisotopic (exact) mass is 345 g/mol. The molecule has 1 nitrogen and oxygen atoms in total. The second kappa shape index (κ2) is 5.99. The molecule has 0 aliphatic heterocycles. The van der Waals surface area contributed by atoms with Gasteiger partial charge in [0, 0.05) is 15.5 Å². The van der Waals surface area contributed by atoms with Crippen LogP contribution in [0.2, 0.25) is 5.02 Å². The van der Waals surface area contributed by atoms with Crippen molar-refractivity contribution in [2.45, 2.75) is 12.5 Å². The molecule has 0 aromatic heterocycles. The fourth-order valence-electron chi connectivity index (χ4n) is 1.79. The number of hydrogen-bond donors (Lipinski definition) is 1. The van der Waals surface area contributed by atoms with Gasteiger partial charge in [0.1, 0.15) is 0 Å². The minimum atomic E-state index is -0.894. The zero-order valence-electron chi connectivity index (χ0n) is 9.84. The first-order valence-corrected chi connectivity index (χ1v) is 6.79. The van der Waals surface area contributed by atoms with Gasteiger partial charge in [-0.05, 0) is 41.8 Å². The van der Waals surface area contributed by atoms with E-state index in [1.165, 1.54) is 6.07 Å². The molecule has 0 saturated heterocycles. The molecular weight excluding hydrogens is 336 g/mol. The van der Waals surface area contributed by atoms with Crippen LogP contribution in [0.3, 0.4) is 0 Å². The van der Waals surface area contributed by atoms with Gasteiger partial charge in [0.15, 0.2) is 11.6 Å². The van der Waals surface area contributed by atoms with Crippen molar-refractivity contribution < 1.29 is 8.78 Å². The van der Waals surface area contributed by atoms with E-state index in [1.807, 2.05) is 12.1 Å². The van der Waals surface area contributed by atoms with Gasteiger partial charge in [-0.3, -0.25) is 0 Å². The third-order valence-electron chi connectivity index (χ3n) is 2.83. The van der Waals surface area contributed by atoms with Gasteiger partial charge in [0.05, 0.1) is 0 Å². The molecule has 0 fully saturated rings. The van der Waals surface area contributed by atoms with Crippen molar-refractivity contribution >= 4 is 27.5 Å². The van der Waals surface area contributed by atoms with E-state index < -0.39 is 17.7 Å². The predicted molar refractivity (Wildman–Crippen MR) is 76.1 cm³/mol. The largest absolute Gasteiger partial charge is 0.324 e. The summed E-state index contributed by atoms with van der Waals surface area (Å²) in [6, 6.07) is 8.73. The summed E-state index contributed by atoms with van der Waals surface area (Å²) in [5.74, 6) is -1.77. The molecule has 0 spiro atoms. The number of rotatable bonds is 3. The molecule has 2 aromatic carbocycles. The first-order chi connectivity index (χ1) is 8.97. The number of halogens is 4. The van der Waals surface area contributed by atoms with Gasteiger partial charge in [0.2, 0.25) is 0 Å². The maximum Gasteiger partial charge on any atom is 0.159 e. The van der Waals surface area contributed by atoms with Crippen LogP contribution >= 0.6 is 27.5 Å². The second-order valence-corrected chi connectivity index (χ2v) is 5.54. The van der Waals surface area contributed by atoms with Crippen LogP contribution in [0.4, 0.5) is 8.78 Å². The third-order valence-corrected chi connectivity index (χ3v) is 3.67. The van der Waals surface area contributed by atoms with Crippen molar-refractivity contribution in [3.8, 4) is 0 Å². The van der Waals surface area contributed by atoms with E-state index in [1.54, 1.807) is 6.07 Å². The molecule has 1 atom stereocenters. The van der Waals surface area contributed by atoms with Crippen molar-refractivity contribution in [1.29, 1.82) is 0 Å². The molecule has 0 heterocycles. The summed E-state index contributed by atoms with van der Waals surface area (Å²) < 4.78 is 26.9. The Morgan fingerprint density at radius 2 is 1.84 bits per heavy atom. The average Bonchev–Trinajstić information content (AvgIpc) is 2.36. The van der Waals surface area contributed by atoms with Crippen molar-refractivity contribution in [3.05, 3.63) is 68.7 Å². The van der Waals surface area contributed by atoms with E-state index in [9.17, 15) is 8.78 Å². The molecule has 0 aliphatic rings. The highest BCUT2D eigenvalue weighted by molar-refractivity contribution is 9.10. The lowest BCUT2D eigenvalue weighted by Gasteiger charge is -2.13. The minimum Gasteiger partial charge on any atom is -0.324 e. The molecule has 19 heavy (non-hydrogen) atoms. The first-order valence-electron chi connectivity index (χ1n) is 5.62. The zero-order valence-corrected chi connectivity index (χ0v) is 12.2. The highest BCUT2D eigenvalue weighted by Gasteiger charge is 2.12. The second-order valence-electron chi connectivity index (χ2n) is 4.22. The Morgan fingerprint density at radius 3 is 2.47 bits per heavy atom. The number of hydrogen-bond acceptors (Lipinski definition) is 1. The molecule has 0 radical (unpaired) electrons. The molecule has 2 N–H and O–H groups in total. The van der Waals surface area contributed by atoms with E-state index >= 15 is 0 Å². The highest BCUT2D eigenvalue weighted by Crippen LogP contribution is 2.26. The van der Waals surface area contributed by atoms with Crippen molar-refractivity contribution in [2.24, 2.45) is 5.73 Å². The Hall–Kier alpha value is -0.970. The van der Waals surface area contributed by atoms with Crippen LogP contribution in [0.1, 0.15) is 17.2 Å². The minimum absolute atomic E-state index is 0.436. The van der Waals surface area contributed by atoms with Crippen LogP contribution in [0.15, 0.2) is 40.9 Å². The molecule has 2 aromatic rings. The normalized spacial score (nSPS) is 12.5. The van der Waals surface area contributed by atoms with Crippen LogP contribution in [0.25, 0.3) is 0 Å². The molecule has 0 aliphatic carbocycles. The zero-order chi connectivity index (χ0) is 14.0. The average molecular weight is 347 g/mol. The molecule has 100 valence electrons. The van der Waals surface area contributed by atoms with Crippen LogP contribution in [0.5, 0.6) is 0 Å². The van der Waals surface area contributed by atoms with Gasteiger partial charge in [-0.2, -0.15) is 0 Å². The molecule has 5 heteroatoms. The summed E-state index contributed by atoms with van der Waals surface area (Å²) in [5, 5.41) is 0.590. The lowest BCUT2D eigenvalue weighted by Crippen LogP contribution is -2.14. The fraction of sp³-hybridized carbons (Fsp3) is 0.143. The maximum atomic E-state index is 13.1. The summed E-state index contributed by atoms with van der Waals surface area (Å²) in [4.78, 5) is 0. The van der Waals surface area contributed by atoms with Crippen molar-refractivity contribution in [1.82, 2.24) is 0 Å². The van der Waals surface area contributed by atoms with Gasteiger partial charge in [0.25, 0.3) is 0 Å². The van der Waals surface area contributed by atoms with Gasteiger partial charge >= 0.3 is 0 Å². The standard InChI is InChI=1S/C14H11BrClF2N/c15-10-3-1-8(11(16)7-10)6-14(19)9-2-4-12(17)13(18)5-9/h1-5,7,14H,6,19H2. The molecule has 1 unspecified atom stereocenters. The van der Waals surface area contributed by atoms with Crippen molar-refractivity contribution in [2.75, 3.05) is 0 Å². The third kappa shape index (κ3) is 3.53. The number of benzene rings is 2. The predicted octanol–water partition coefficient (Wildman–Crippen LogP) is 4.62. The Bertz CT molecular complexity index is 604. The van der Waals surface area contributed by atoms with E-state index in [4.69, 9.17) is 17.3 Å². The van der Waals surface area contributed by atoms with Crippen LogP contribution in [-0.4, -0.2) is 0 Å². The molecule has 2 rings (SSSR count). The van der Waals surface area contributed by atoms with Gasteiger partial charge in [-0.1, -0.05) is 39.7 Å². The Kier molecular flexibility index (Phi) is 4.55. The van der Waals surface area contributed by atoms with E-state index in [-0.39, 0.29) is 0 Å². The Morgan fingerprint density at radius 1 is 1.11 bits per heavy atom. The molecule has 0 amide bonds. The molecular formula is C14H11BrClF2N. The van der Waals surface area contributed by atoms with Crippen LogP contribution in [-0.2, 0) is 6.42 Å². The number of nitrogens with two attached hydrogens (primary N) is 1. The lowest BCUT2D eigenvalue weighted by molar-refractivity contribution is 0.505. The van der Waals surface area contributed by atoms with Crippen LogP contribution < -0.4 is 5.73 Å². The van der Waals surface area contributed by atoms with Gasteiger partial charge in [-0.15, -0.1) is 0 Å². The van der Waals surface area contributed by atoms with E-state index in [0.717, 1.165) is 22.2 Å². The summed E-state index contributed by atoms with van der Waals surface area (Å²) in [6.45, 7) is 0. The van der Waals surface area contributed by atoms with Crippen molar-refractivity contribution in [3.63, 3.8) is 0 Å². The SMILES string of the molecule is NC(Cc1ccc(Br)cc1Cl)c1ccc(F)c(F)c1. The van der Waals surface area contributed by atoms with E-state index in [2.05, 4.69) is 15.9 Å². The Labute approximate surface area is 123 Å². The van der Waals surface area contributed by atoms with E-state index in [0.29, 0.717) is 17.0 Å². The molecule has 0 bridgehead atoms. The summed E-state index contributed by atoms with van der Waals surface area (Å²) in [6.07, 6.45) is 0.456.